The second-order valence-electron chi connectivity index (χ2n) is 7.98. The number of aromatic carboxylic acids is 1. The summed E-state index contributed by atoms with van der Waals surface area (Å²) in [5.74, 6) is 0.142. The normalized spacial score (nSPS) is 16.1. The maximum atomic E-state index is 11.4. The number of anilines is 1. The Morgan fingerprint density at radius 1 is 1.19 bits per heavy atom. The number of carboxylic acids is 1. The van der Waals surface area contributed by atoms with Crippen LogP contribution in [-0.4, -0.2) is 40.8 Å². The Kier molecular flexibility index (Phi) is 6.68. The van der Waals surface area contributed by atoms with E-state index in [1.54, 1.807) is 31.6 Å². The first kappa shape index (κ1) is 21.8. The van der Waals surface area contributed by atoms with E-state index in [-0.39, 0.29) is 11.6 Å². The Labute approximate surface area is 187 Å². The van der Waals surface area contributed by atoms with Crippen molar-refractivity contribution in [1.29, 1.82) is 0 Å². The van der Waals surface area contributed by atoms with Gasteiger partial charge < -0.3 is 25.6 Å². The Morgan fingerprint density at radius 2 is 2.06 bits per heavy atom. The summed E-state index contributed by atoms with van der Waals surface area (Å²) in [7, 11) is 1.74. The lowest BCUT2D eigenvalue weighted by Gasteiger charge is -2.27. The summed E-state index contributed by atoms with van der Waals surface area (Å²) in [5.41, 5.74) is 4.13. The number of carbonyl (C=O) groups is 1. The van der Waals surface area contributed by atoms with Crippen molar-refractivity contribution in [3.8, 4) is 11.5 Å². The number of nitrogens with zero attached hydrogens (tertiary/aromatic N) is 1. The smallest absolute Gasteiger partial charge is 0.335 e. The Bertz CT molecular complexity index is 1090. The molecule has 2 aromatic carbocycles. The first-order valence-corrected chi connectivity index (χ1v) is 10.7. The highest BCUT2D eigenvalue weighted by Crippen LogP contribution is 2.30. The summed E-state index contributed by atoms with van der Waals surface area (Å²) in [6, 6.07) is 14.8. The van der Waals surface area contributed by atoms with Crippen molar-refractivity contribution in [2.45, 2.75) is 31.4 Å². The standard InChI is InChI=1S/C25H27N3O4/c1-26-21-10-19(25(30)31)12-23(13-21)32-22-7-5-16-4-6-20(9-18(16)11-22)28-15-24(29)17-3-2-8-27-14-17/h2-3,5,7-8,10-14,20,24,26,28-29H,4,6,9,15H2,1H3,(H,30,31)/t20-,24-/m0/s1. The second-order valence-corrected chi connectivity index (χ2v) is 7.98. The molecule has 1 aromatic heterocycles. The van der Waals surface area contributed by atoms with Crippen LogP contribution in [-0.2, 0) is 12.8 Å². The van der Waals surface area contributed by atoms with E-state index in [0.717, 1.165) is 24.8 Å². The lowest BCUT2D eigenvalue weighted by Crippen LogP contribution is -2.37. The molecule has 1 aliphatic rings. The predicted octanol–water partition coefficient (Wildman–Crippen LogP) is 3.79. The molecule has 0 spiro atoms. The second kappa shape index (κ2) is 9.80. The van der Waals surface area contributed by atoms with Gasteiger partial charge >= 0.3 is 5.97 Å². The molecule has 7 heteroatoms. The van der Waals surface area contributed by atoms with Crippen LogP contribution in [0.4, 0.5) is 5.69 Å². The lowest BCUT2D eigenvalue weighted by atomic mass is 9.88. The van der Waals surface area contributed by atoms with Crippen molar-refractivity contribution in [3.63, 3.8) is 0 Å². The molecule has 32 heavy (non-hydrogen) atoms. The van der Waals surface area contributed by atoms with E-state index in [1.165, 1.54) is 17.2 Å². The van der Waals surface area contributed by atoms with Gasteiger partial charge in [0.15, 0.2) is 0 Å². The number of aromatic nitrogens is 1. The highest BCUT2D eigenvalue weighted by atomic mass is 16.5. The van der Waals surface area contributed by atoms with E-state index in [0.29, 0.717) is 23.7 Å². The molecule has 0 saturated heterocycles. The highest BCUT2D eigenvalue weighted by Gasteiger charge is 2.20. The van der Waals surface area contributed by atoms with Gasteiger partial charge in [-0.15, -0.1) is 0 Å². The van der Waals surface area contributed by atoms with Gasteiger partial charge in [0.1, 0.15) is 11.5 Å². The molecule has 0 amide bonds. The van der Waals surface area contributed by atoms with Gasteiger partial charge in [0.05, 0.1) is 11.7 Å². The maximum Gasteiger partial charge on any atom is 0.335 e. The molecule has 0 unspecified atom stereocenters. The third-order valence-electron chi connectivity index (χ3n) is 5.75. The van der Waals surface area contributed by atoms with Crippen LogP contribution in [0.2, 0.25) is 0 Å². The number of hydrogen-bond donors (Lipinski definition) is 4. The van der Waals surface area contributed by atoms with Gasteiger partial charge in [0.25, 0.3) is 0 Å². The molecular weight excluding hydrogens is 406 g/mol. The van der Waals surface area contributed by atoms with Gasteiger partial charge in [0, 0.05) is 49.3 Å². The van der Waals surface area contributed by atoms with Gasteiger partial charge in [-0.05, 0) is 60.7 Å². The van der Waals surface area contributed by atoms with Crippen LogP contribution in [0.1, 0.15) is 39.6 Å². The van der Waals surface area contributed by atoms with Crippen molar-refractivity contribution in [3.05, 3.63) is 83.2 Å². The number of hydrogen-bond acceptors (Lipinski definition) is 6. The summed E-state index contributed by atoms with van der Waals surface area (Å²) in [5, 5.41) is 26.2. The predicted molar refractivity (Wildman–Crippen MR) is 122 cm³/mol. The molecule has 0 bridgehead atoms. The van der Waals surface area contributed by atoms with Crippen molar-refractivity contribution in [2.75, 3.05) is 18.9 Å². The van der Waals surface area contributed by atoms with Crippen LogP contribution in [0.3, 0.4) is 0 Å². The first-order valence-electron chi connectivity index (χ1n) is 10.7. The van der Waals surface area contributed by atoms with E-state index >= 15 is 0 Å². The maximum absolute atomic E-state index is 11.4. The van der Waals surface area contributed by atoms with Gasteiger partial charge in [-0.2, -0.15) is 0 Å². The first-order chi connectivity index (χ1) is 15.5. The van der Waals surface area contributed by atoms with E-state index in [9.17, 15) is 15.0 Å². The zero-order valence-electron chi connectivity index (χ0n) is 17.9. The summed E-state index contributed by atoms with van der Waals surface area (Å²) in [4.78, 5) is 15.5. The Morgan fingerprint density at radius 3 is 2.81 bits per heavy atom. The van der Waals surface area contributed by atoms with Gasteiger partial charge in [-0.25, -0.2) is 4.79 Å². The molecule has 1 aliphatic carbocycles. The zero-order valence-corrected chi connectivity index (χ0v) is 17.9. The number of ether oxygens (including phenoxy) is 1. The van der Waals surface area contributed by atoms with Crippen LogP contribution in [0.15, 0.2) is 60.9 Å². The molecule has 7 nitrogen and oxygen atoms in total. The molecule has 0 saturated carbocycles. The van der Waals surface area contributed by atoms with Crippen molar-refractivity contribution < 1.29 is 19.7 Å². The fraction of sp³-hybridized carbons (Fsp3) is 0.280. The number of carboxylic acid groups (broad SMARTS) is 1. The van der Waals surface area contributed by atoms with Gasteiger partial charge in [-0.1, -0.05) is 12.1 Å². The molecule has 0 aliphatic heterocycles. The molecular formula is C25H27N3O4. The number of aryl methyl sites for hydroxylation is 1. The fourth-order valence-electron chi connectivity index (χ4n) is 4.00. The lowest BCUT2D eigenvalue weighted by molar-refractivity contribution is 0.0696. The Balaban J connectivity index is 1.43. The van der Waals surface area contributed by atoms with E-state index in [4.69, 9.17) is 4.74 Å². The quantitative estimate of drug-likeness (QED) is 0.428. The number of nitrogens with one attached hydrogen (secondary N) is 2. The van der Waals surface area contributed by atoms with Gasteiger partial charge in [0.2, 0.25) is 0 Å². The molecule has 2 atom stereocenters. The van der Waals surface area contributed by atoms with E-state index in [2.05, 4.69) is 21.7 Å². The molecule has 0 fully saturated rings. The van der Waals surface area contributed by atoms with E-state index in [1.807, 2.05) is 24.3 Å². The minimum absolute atomic E-state index is 0.168. The summed E-state index contributed by atoms with van der Waals surface area (Å²) in [6.45, 7) is 0.469. The SMILES string of the molecule is CNc1cc(Oc2ccc3c(c2)C[C@@H](NC[C@H](O)c2cccnc2)CC3)cc(C(=O)O)c1. The topological polar surface area (TPSA) is 104 Å². The molecule has 3 aromatic rings. The molecule has 0 radical (unpaired) electrons. The largest absolute Gasteiger partial charge is 0.478 e. The third-order valence-corrected chi connectivity index (χ3v) is 5.75. The average molecular weight is 434 g/mol. The molecule has 1 heterocycles. The average Bonchev–Trinajstić information content (AvgIpc) is 2.82. The number of rotatable bonds is 8. The Hall–Kier alpha value is -3.42. The summed E-state index contributed by atoms with van der Waals surface area (Å²) < 4.78 is 6.00. The van der Waals surface area contributed by atoms with E-state index < -0.39 is 12.1 Å². The highest BCUT2D eigenvalue weighted by molar-refractivity contribution is 5.89. The van der Waals surface area contributed by atoms with Crippen LogP contribution >= 0.6 is 0 Å². The summed E-state index contributed by atoms with van der Waals surface area (Å²) >= 11 is 0. The molecule has 166 valence electrons. The van der Waals surface area contributed by atoms with Crippen LogP contribution < -0.4 is 15.4 Å². The number of aliphatic hydroxyl groups is 1. The number of benzene rings is 2. The van der Waals surface area contributed by atoms with Crippen LogP contribution in [0.25, 0.3) is 0 Å². The fourth-order valence-corrected chi connectivity index (χ4v) is 4.00. The molecule has 4 N–H and O–H groups in total. The van der Waals surface area contributed by atoms with Gasteiger partial charge in [-0.3, -0.25) is 4.98 Å². The zero-order chi connectivity index (χ0) is 22.5. The van der Waals surface area contributed by atoms with Crippen molar-refractivity contribution in [1.82, 2.24) is 10.3 Å². The minimum Gasteiger partial charge on any atom is -0.478 e. The number of fused-ring (bicyclic) bond motifs is 1. The molecule has 4 rings (SSSR count). The van der Waals surface area contributed by atoms with Crippen LogP contribution in [0, 0.1) is 0 Å². The third kappa shape index (κ3) is 5.25. The number of aliphatic hydroxyl groups excluding tert-OH is 1. The van der Waals surface area contributed by atoms with Crippen molar-refractivity contribution in [2.24, 2.45) is 0 Å². The number of pyridine rings is 1. The minimum atomic E-state index is -1.00. The van der Waals surface area contributed by atoms with Crippen molar-refractivity contribution >= 4 is 11.7 Å². The monoisotopic (exact) mass is 433 g/mol. The van der Waals surface area contributed by atoms with Crippen LogP contribution in [0.5, 0.6) is 11.5 Å². The summed E-state index contributed by atoms with van der Waals surface area (Å²) in [6.07, 6.45) is 5.57.